The number of nitrogens with one attached hydrogen (secondary N) is 2. The molecule has 2 heterocycles. The number of benzene rings is 1. The third-order valence-corrected chi connectivity index (χ3v) is 3.16. The summed E-state index contributed by atoms with van der Waals surface area (Å²) < 4.78 is 5.26. The van der Waals surface area contributed by atoms with E-state index in [9.17, 15) is 0 Å². The molecule has 0 unspecified atom stereocenters. The normalized spacial score (nSPS) is 10.3. The highest BCUT2D eigenvalue weighted by Crippen LogP contribution is 2.24. The zero-order valence-electron chi connectivity index (χ0n) is 11.1. The van der Waals surface area contributed by atoms with Crippen molar-refractivity contribution < 1.29 is 4.42 Å². The predicted molar refractivity (Wildman–Crippen MR) is 82.8 cm³/mol. The fourth-order valence-electron chi connectivity index (χ4n) is 1.81. The Balaban J connectivity index is 1.70. The molecule has 0 radical (unpaired) electrons. The van der Waals surface area contributed by atoms with Gasteiger partial charge in [-0.1, -0.05) is 23.7 Å². The highest BCUT2D eigenvalue weighted by atomic mass is 35.5. The standard InChI is InChI=1S/C15H13ClN4O/c16-12-5-1-2-6-13(12)20-15-8-14(18-10-19-15)17-9-11-4-3-7-21-11/h1-8,10H,9H2,(H2,17,18,19,20). The van der Waals surface area contributed by atoms with Gasteiger partial charge in [-0.3, -0.25) is 0 Å². The van der Waals surface area contributed by atoms with Crippen LogP contribution in [0.2, 0.25) is 5.02 Å². The first kappa shape index (κ1) is 13.5. The van der Waals surface area contributed by atoms with Gasteiger partial charge in [-0.25, -0.2) is 9.97 Å². The van der Waals surface area contributed by atoms with Gasteiger partial charge in [0.25, 0.3) is 0 Å². The minimum atomic E-state index is 0.565. The first-order valence-corrected chi connectivity index (χ1v) is 6.79. The number of nitrogens with zero attached hydrogens (tertiary/aromatic N) is 2. The van der Waals surface area contributed by atoms with Gasteiger partial charge < -0.3 is 15.1 Å². The van der Waals surface area contributed by atoms with E-state index in [0.29, 0.717) is 23.2 Å². The first-order valence-electron chi connectivity index (χ1n) is 6.41. The minimum Gasteiger partial charge on any atom is -0.467 e. The zero-order valence-corrected chi connectivity index (χ0v) is 11.8. The van der Waals surface area contributed by atoms with Gasteiger partial charge in [0.15, 0.2) is 0 Å². The molecular formula is C15H13ClN4O. The molecule has 0 bridgehead atoms. The molecule has 0 atom stereocenters. The zero-order chi connectivity index (χ0) is 14.5. The molecule has 106 valence electrons. The summed E-state index contributed by atoms with van der Waals surface area (Å²) in [6.45, 7) is 0.565. The molecule has 5 nitrogen and oxygen atoms in total. The molecule has 3 aromatic rings. The van der Waals surface area contributed by atoms with Crippen LogP contribution in [0.25, 0.3) is 0 Å². The summed E-state index contributed by atoms with van der Waals surface area (Å²) >= 11 is 6.11. The van der Waals surface area contributed by atoms with Gasteiger partial charge in [0, 0.05) is 6.07 Å². The molecule has 0 saturated heterocycles. The predicted octanol–water partition coefficient (Wildman–Crippen LogP) is 4.08. The van der Waals surface area contributed by atoms with Crippen LogP contribution in [0.3, 0.4) is 0 Å². The fourth-order valence-corrected chi connectivity index (χ4v) is 2.00. The van der Waals surface area contributed by atoms with Crippen molar-refractivity contribution in [2.75, 3.05) is 10.6 Å². The van der Waals surface area contributed by atoms with Crippen LogP contribution < -0.4 is 10.6 Å². The van der Waals surface area contributed by atoms with Gasteiger partial charge in [0.1, 0.15) is 23.7 Å². The second-order valence-corrected chi connectivity index (χ2v) is 4.73. The van der Waals surface area contributed by atoms with Crippen LogP contribution in [0.15, 0.2) is 59.5 Å². The molecule has 21 heavy (non-hydrogen) atoms. The monoisotopic (exact) mass is 300 g/mol. The van der Waals surface area contributed by atoms with Crippen LogP contribution >= 0.6 is 11.6 Å². The first-order chi connectivity index (χ1) is 10.3. The van der Waals surface area contributed by atoms with E-state index in [1.54, 1.807) is 6.26 Å². The summed E-state index contributed by atoms with van der Waals surface area (Å²) in [7, 11) is 0. The lowest BCUT2D eigenvalue weighted by Gasteiger charge is -2.09. The van der Waals surface area contributed by atoms with E-state index in [-0.39, 0.29) is 0 Å². The van der Waals surface area contributed by atoms with Gasteiger partial charge >= 0.3 is 0 Å². The lowest BCUT2D eigenvalue weighted by atomic mass is 10.3. The summed E-state index contributed by atoms with van der Waals surface area (Å²) in [6.07, 6.45) is 3.13. The van der Waals surface area contributed by atoms with Gasteiger partial charge in [0.05, 0.1) is 23.5 Å². The smallest absolute Gasteiger partial charge is 0.135 e. The summed E-state index contributed by atoms with van der Waals surface area (Å²) in [5.74, 6) is 2.21. The number of hydrogen-bond acceptors (Lipinski definition) is 5. The van der Waals surface area contributed by atoms with E-state index in [4.69, 9.17) is 16.0 Å². The van der Waals surface area contributed by atoms with Crippen molar-refractivity contribution in [1.29, 1.82) is 0 Å². The quantitative estimate of drug-likeness (QED) is 0.743. The Kier molecular flexibility index (Phi) is 4.02. The number of halogens is 1. The molecule has 0 aliphatic heterocycles. The molecule has 2 N–H and O–H groups in total. The molecule has 0 fully saturated rings. The van der Waals surface area contributed by atoms with E-state index >= 15 is 0 Å². The molecule has 0 spiro atoms. The molecule has 0 saturated carbocycles. The Morgan fingerprint density at radius 2 is 1.90 bits per heavy atom. The van der Waals surface area contributed by atoms with Crippen molar-refractivity contribution >= 4 is 28.9 Å². The Labute approximate surface area is 127 Å². The van der Waals surface area contributed by atoms with Crippen LogP contribution in [0, 0.1) is 0 Å². The van der Waals surface area contributed by atoms with Crippen molar-refractivity contribution in [1.82, 2.24) is 9.97 Å². The molecule has 2 aromatic heterocycles. The van der Waals surface area contributed by atoms with E-state index < -0.39 is 0 Å². The third-order valence-electron chi connectivity index (χ3n) is 2.83. The molecule has 6 heteroatoms. The highest BCUT2D eigenvalue weighted by molar-refractivity contribution is 6.33. The second kappa shape index (κ2) is 6.28. The Morgan fingerprint density at radius 1 is 1.05 bits per heavy atom. The maximum atomic E-state index is 6.11. The number of aromatic nitrogens is 2. The van der Waals surface area contributed by atoms with Crippen LogP contribution in [-0.4, -0.2) is 9.97 Å². The van der Waals surface area contributed by atoms with E-state index in [1.165, 1.54) is 6.33 Å². The average Bonchev–Trinajstić information content (AvgIpc) is 3.01. The van der Waals surface area contributed by atoms with Gasteiger partial charge in [-0.15, -0.1) is 0 Å². The van der Waals surface area contributed by atoms with E-state index in [1.807, 2.05) is 42.5 Å². The Morgan fingerprint density at radius 3 is 2.71 bits per heavy atom. The molecule has 1 aromatic carbocycles. The van der Waals surface area contributed by atoms with Crippen LogP contribution in [0.5, 0.6) is 0 Å². The number of para-hydroxylation sites is 1. The van der Waals surface area contributed by atoms with Crippen LogP contribution in [0.1, 0.15) is 5.76 Å². The van der Waals surface area contributed by atoms with Crippen molar-refractivity contribution in [3.05, 3.63) is 65.8 Å². The molecule has 0 aliphatic rings. The molecular weight excluding hydrogens is 288 g/mol. The SMILES string of the molecule is Clc1ccccc1Nc1cc(NCc2ccco2)ncn1. The summed E-state index contributed by atoms with van der Waals surface area (Å²) in [5.41, 5.74) is 0.801. The van der Waals surface area contributed by atoms with E-state index in [2.05, 4.69) is 20.6 Å². The Hall–Kier alpha value is -2.53. The van der Waals surface area contributed by atoms with Gasteiger partial charge in [-0.05, 0) is 24.3 Å². The van der Waals surface area contributed by atoms with Crippen LogP contribution in [-0.2, 0) is 6.54 Å². The lowest BCUT2D eigenvalue weighted by molar-refractivity contribution is 0.518. The third kappa shape index (κ3) is 3.52. The molecule has 0 amide bonds. The number of hydrogen-bond donors (Lipinski definition) is 2. The maximum Gasteiger partial charge on any atom is 0.135 e. The van der Waals surface area contributed by atoms with Crippen molar-refractivity contribution in [2.45, 2.75) is 6.54 Å². The molecule has 0 aliphatic carbocycles. The average molecular weight is 301 g/mol. The van der Waals surface area contributed by atoms with Crippen molar-refractivity contribution in [3.8, 4) is 0 Å². The maximum absolute atomic E-state index is 6.11. The highest BCUT2D eigenvalue weighted by Gasteiger charge is 2.03. The number of furan rings is 1. The second-order valence-electron chi connectivity index (χ2n) is 4.33. The summed E-state index contributed by atoms with van der Waals surface area (Å²) in [5, 5.41) is 6.97. The molecule has 3 rings (SSSR count). The summed E-state index contributed by atoms with van der Waals surface area (Å²) in [6, 6.07) is 13.1. The minimum absolute atomic E-state index is 0.565. The van der Waals surface area contributed by atoms with Gasteiger partial charge in [-0.2, -0.15) is 0 Å². The topological polar surface area (TPSA) is 63.0 Å². The Bertz CT molecular complexity index is 715. The van der Waals surface area contributed by atoms with Crippen molar-refractivity contribution in [2.24, 2.45) is 0 Å². The number of anilines is 3. The lowest BCUT2D eigenvalue weighted by Crippen LogP contribution is -2.02. The van der Waals surface area contributed by atoms with E-state index in [0.717, 1.165) is 11.4 Å². The van der Waals surface area contributed by atoms with Gasteiger partial charge in [0.2, 0.25) is 0 Å². The van der Waals surface area contributed by atoms with Crippen molar-refractivity contribution in [3.63, 3.8) is 0 Å². The largest absolute Gasteiger partial charge is 0.467 e. The fraction of sp³-hybridized carbons (Fsp3) is 0.0667. The number of rotatable bonds is 5. The van der Waals surface area contributed by atoms with Crippen LogP contribution in [0.4, 0.5) is 17.3 Å². The summed E-state index contributed by atoms with van der Waals surface area (Å²) in [4.78, 5) is 8.34.